The summed E-state index contributed by atoms with van der Waals surface area (Å²) in [5.41, 5.74) is 6.61. The van der Waals surface area contributed by atoms with Crippen molar-refractivity contribution in [1.82, 2.24) is 10.9 Å². The Labute approximate surface area is 201 Å². The van der Waals surface area contributed by atoms with Crippen molar-refractivity contribution in [3.63, 3.8) is 0 Å². The molecule has 1 aliphatic rings. The molecule has 0 saturated heterocycles. The van der Waals surface area contributed by atoms with Gasteiger partial charge in [0, 0.05) is 31.6 Å². The SMILES string of the molecule is CCCCNNC(=O)[C@@]1(C/C=C/c2ccccc2)N=C(c2ccc(OCCCO)cc2)O[C@H]1C. The number of hydrogen-bond acceptors (Lipinski definition) is 6. The van der Waals surface area contributed by atoms with Crippen molar-refractivity contribution in [3.8, 4) is 5.75 Å². The Kier molecular flexibility index (Phi) is 9.67. The molecule has 1 aliphatic heterocycles. The standard InChI is InChI=1S/C27H35N3O4/c1-3-4-18-28-30-26(32)27(17-8-12-22-10-6-5-7-11-22)21(2)34-25(29-27)23-13-15-24(16-14-23)33-20-9-19-31/h5-8,10-16,21,28,31H,3-4,9,17-20H2,1-2H3,(H,30,32)/b12-8+/t21-,27-/m0/s1. The van der Waals surface area contributed by atoms with Gasteiger partial charge in [0.05, 0.1) is 6.61 Å². The number of amides is 1. The number of carbonyl (C=O) groups excluding carboxylic acids is 1. The first-order chi connectivity index (χ1) is 16.6. The fraction of sp³-hybridized carbons (Fsp3) is 0.407. The van der Waals surface area contributed by atoms with E-state index in [1.54, 1.807) is 0 Å². The third kappa shape index (κ3) is 6.68. The van der Waals surface area contributed by atoms with E-state index in [-0.39, 0.29) is 12.5 Å². The third-order valence-electron chi connectivity index (χ3n) is 5.72. The van der Waals surface area contributed by atoms with Crippen LogP contribution in [0.4, 0.5) is 0 Å². The van der Waals surface area contributed by atoms with Crippen LogP contribution in [0, 0.1) is 0 Å². The maximum Gasteiger partial charge on any atom is 0.266 e. The quantitative estimate of drug-likeness (QED) is 0.308. The Balaban J connectivity index is 1.80. The lowest BCUT2D eigenvalue weighted by atomic mass is 9.89. The van der Waals surface area contributed by atoms with Crippen LogP contribution in [0.15, 0.2) is 65.7 Å². The number of nitrogens with zero attached hydrogens (tertiary/aromatic N) is 1. The lowest BCUT2D eigenvalue weighted by molar-refractivity contribution is -0.129. The number of rotatable bonds is 13. The van der Waals surface area contributed by atoms with E-state index in [1.807, 2.05) is 73.7 Å². The molecule has 182 valence electrons. The highest BCUT2D eigenvalue weighted by Gasteiger charge is 2.49. The minimum atomic E-state index is -1.09. The summed E-state index contributed by atoms with van der Waals surface area (Å²) in [5.74, 6) is 0.928. The van der Waals surface area contributed by atoms with Crippen molar-refractivity contribution in [3.05, 3.63) is 71.8 Å². The first-order valence-corrected chi connectivity index (χ1v) is 11.9. The van der Waals surface area contributed by atoms with Crippen molar-refractivity contribution in [2.24, 2.45) is 4.99 Å². The predicted molar refractivity (Wildman–Crippen MR) is 135 cm³/mol. The molecule has 3 N–H and O–H groups in total. The summed E-state index contributed by atoms with van der Waals surface area (Å²) in [6, 6.07) is 17.4. The molecule has 0 aromatic heterocycles. The summed E-state index contributed by atoms with van der Waals surface area (Å²) < 4.78 is 11.7. The number of ether oxygens (including phenoxy) is 2. The van der Waals surface area contributed by atoms with Gasteiger partial charge >= 0.3 is 0 Å². The zero-order valence-electron chi connectivity index (χ0n) is 20.0. The van der Waals surface area contributed by atoms with E-state index in [0.717, 1.165) is 24.0 Å². The number of hydrazine groups is 1. The smallest absolute Gasteiger partial charge is 0.266 e. The minimum Gasteiger partial charge on any atom is -0.494 e. The fourth-order valence-corrected chi connectivity index (χ4v) is 3.64. The molecule has 0 aliphatic carbocycles. The predicted octanol–water partition coefficient (Wildman–Crippen LogP) is 3.88. The Morgan fingerprint density at radius 3 is 2.65 bits per heavy atom. The van der Waals surface area contributed by atoms with Crippen LogP contribution in [-0.2, 0) is 9.53 Å². The van der Waals surface area contributed by atoms with Gasteiger partial charge in [0.25, 0.3) is 5.91 Å². The van der Waals surface area contributed by atoms with E-state index < -0.39 is 11.6 Å². The monoisotopic (exact) mass is 465 g/mol. The zero-order chi connectivity index (χ0) is 24.2. The normalized spacial score (nSPS) is 19.6. The first kappa shape index (κ1) is 25.5. The second-order valence-electron chi connectivity index (χ2n) is 8.30. The van der Waals surface area contributed by atoms with Gasteiger partial charge in [-0.2, -0.15) is 0 Å². The molecule has 7 nitrogen and oxygen atoms in total. The number of hydrogen-bond donors (Lipinski definition) is 3. The number of benzene rings is 2. The van der Waals surface area contributed by atoms with Gasteiger partial charge in [0.1, 0.15) is 11.9 Å². The van der Waals surface area contributed by atoms with Gasteiger partial charge in [-0.05, 0) is 43.2 Å². The molecule has 1 heterocycles. The van der Waals surface area contributed by atoms with Crippen LogP contribution in [0.3, 0.4) is 0 Å². The molecule has 34 heavy (non-hydrogen) atoms. The number of aliphatic hydroxyl groups is 1. The topological polar surface area (TPSA) is 92.2 Å². The molecular formula is C27H35N3O4. The highest BCUT2D eigenvalue weighted by molar-refractivity contribution is 6.00. The van der Waals surface area contributed by atoms with E-state index in [2.05, 4.69) is 17.8 Å². The van der Waals surface area contributed by atoms with Crippen molar-refractivity contribution in [1.29, 1.82) is 0 Å². The molecule has 3 rings (SSSR count). The molecule has 0 spiro atoms. The lowest BCUT2D eigenvalue weighted by Crippen LogP contribution is -2.54. The Morgan fingerprint density at radius 2 is 1.94 bits per heavy atom. The maximum absolute atomic E-state index is 13.3. The van der Waals surface area contributed by atoms with Crippen molar-refractivity contribution >= 4 is 17.9 Å². The number of carbonyl (C=O) groups is 1. The molecule has 0 fully saturated rings. The summed E-state index contributed by atoms with van der Waals surface area (Å²) in [7, 11) is 0. The van der Waals surface area contributed by atoms with Gasteiger partial charge in [-0.15, -0.1) is 0 Å². The first-order valence-electron chi connectivity index (χ1n) is 11.9. The molecule has 7 heteroatoms. The largest absolute Gasteiger partial charge is 0.494 e. The van der Waals surface area contributed by atoms with Crippen LogP contribution in [0.25, 0.3) is 6.08 Å². The summed E-state index contributed by atoms with van der Waals surface area (Å²) in [6.45, 7) is 5.22. The van der Waals surface area contributed by atoms with Gasteiger partial charge in [-0.1, -0.05) is 55.8 Å². The highest BCUT2D eigenvalue weighted by Crippen LogP contribution is 2.33. The van der Waals surface area contributed by atoms with Crippen LogP contribution in [-0.4, -0.2) is 48.3 Å². The fourth-order valence-electron chi connectivity index (χ4n) is 3.64. The van der Waals surface area contributed by atoms with Gasteiger partial charge in [-0.25, -0.2) is 10.4 Å². The molecule has 2 atom stereocenters. The molecular weight excluding hydrogens is 430 g/mol. The second-order valence-corrected chi connectivity index (χ2v) is 8.30. The average Bonchev–Trinajstić information content (AvgIpc) is 3.20. The van der Waals surface area contributed by atoms with E-state index in [9.17, 15) is 4.79 Å². The molecule has 2 aromatic carbocycles. The number of unbranched alkanes of at least 4 members (excludes halogenated alkanes) is 1. The van der Waals surface area contributed by atoms with Crippen LogP contribution >= 0.6 is 0 Å². The van der Waals surface area contributed by atoms with Crippen LogP contribution in [0.1, 0.15) is 50.7 Å². The lowest BCUT2D eigenvalue weighted by Gasteiger charge is -2.27. The highest BCUT2D eigenvalue weighted by atomic mass is 16.5. The number of aliphatic hydroxyl groups excluding tert-OH is 1. The van der Waals surface area contributed by atoms with E-state index in [4.69, 9.17) is 19.6 Å². The van der Waals surface area contributed by atoms with Crippen molar-refractivity contribution in [2.75, 3.05) is 19.8 Å². The summed E-state index contributed by atoms with van der Waals surface area (Å²) in [6.07, 6.45) is 6.51. The minimum absolute atomic E-state index is 0.0940. The van der Waals surface area contributed by atoms with Crippen LogP contribution < -0.4 is 15.6 Å². The molecule has 1 amide bonds. The second kappa shape index (κ2) is 12.9. The summed E-state index contributed by atoms with van der Waals surface area (Å²) in [4.78, 5) is 18.1. The summed E-state index contributed by atoms with van der Waals surface area (Å²) in [5, 5.41) is 8.90. The van der Waals surface area contributed by atoms with Gasteiger partial charge in [-0.3, -0.25) is 10.2 Å². The van der Waals surface area contributed by atoms with Crippen molar-refractivity contribution < 1.29 is 19.4 Å². The van der Waals surface area contributed by atoms with Gasteiger partial charge < -0.3 is 14.6 Å². The maximum atomic E-state index is 13.3. The van der Waals surface area contributed by atoms with Gasteiger partial charge in [0.15, 0.2) is 5.54 Å². The van der Waals surface area contributed by atoms with E-state index >= 15 is 0 Å². The molecule has 2 aromatic rings. The van der Waals surface area contributed by atoms with Gasteiger partial charge in [0.2, 0.25) is 5.90 Å². The summed E-state index contributed by atoms with van der Waals surface area (Å²) >= 11 is 0. The number of aliphatic imine (C=N–C) groups is 1. The zero-order valence-corrected chi connectivity index (χ0v) is 20.0. The molecule has 0 saturated carbocycles. The Morgan fingerprint density at radius 1 is 1.18 bits per heavy atom. The molecule has 0 bridgehead atoms. The van der Waals surface area contributed by atoms with Crippen molar-refractivity contribution in [2.45, 2.75) is 51.2 Å². The van der Waals surface area contributed by atoms with Crippen LogP contribution in [0.2, 0.25) is 0 Å². The van der Waals surface area contributed by atoms with Crippen LogP contribution in [0.5, 0.6) is 5.75 Å². The molecule has 0 radical (unpaired) electrons. The number of nitrogens with one attached hydrogen (secondary N) is 2. The van der Waals surface area contributed by atoms with E-state index in [0.29, 0.717) is 37.6 Å². The van der Waals surface area contributed by atoms with E-state index in [1.165, 1.54) is 0 Å². The Hall–Kier alpha value is -3.16. The Bertz CT molecular complexity index is 960. The third-order valence-corrected chi connectivity index (χ3v) is 5.72. The molecule has 0 unspecified atom stereocenters. The average molecular weight is 466 g/mol.